The van der Waals surface area contributed by atoms with Crippen LogP contribution in [0.25, 0.3) is 10.2 Å². The lowest BCUT2D eigenvalue weighted by Crippen LogP contribution is -2.39. The fourth-order valence-corrected chi connectivity index (χ4v) is 3.78. The van der Waals surface area contributed by atoms with E-state index in [0.717, 1.165) is 29.1 Å². The van der Waals surface area contributed by atoms with E-state index in [1.54, 1.807) is 17.7 Å². The highest BCUT2D eigenvalue weighted by Crippen LogP contribution is 2.31. The number of aryl methyl sites for hydroxylation is 1. The molecule has 3 rings (SSSR count). The lowest BCUT2D eigenvalue weighted by atomic mass is 10.2. The molecule has 0 aromatic carbocycles. The van der Waals surface area contributed by atoms with Crippen molar-refractivity contribution in [2.24, 2.45) is 0 Å². The third kappa shape index (κ3) is 2.63. The predicted octanol–water partition coefficient (Wildman–Crippen LogP) is 1.55. The van der Waals surface area contributed by atoms with E-state index in [2.05, 4.69) is 32.5 Å². The van der Waals surface area contributed by atoms with Crippen LogP contribution in [0.1, 0.15) is 18.4 Å². The first-order valence-corrected chi connectivity index (χ1v) is 7.95. The van der Waals surface area contributed by atoms with Gasteiger partial charge in [0.05, 0.1) is 16.8 Å². The molecule has 0 amide bonds. The maximum absolute atomic E-state index is 9.35. The minimum absolute atomic E-state index is 0.141. The highest BCUT2D eigenvalue weighted by Gasteiger charge is 2.21. The molecule has 0 radical (unpaired) electrons. The van der Waals surface area contributed by atoms with Crippen LogP contribution in [0.5, 0.6) is 0 Å². The zero-order valence-electron chi connectivity index (χ0n) is 11.7. The zero-order valence-corrected chi connectivity index (χ0v) is 12.5. The van der Waals surface area contributed by atoms with Crippen LogP contribution in [0, 0.1) is 6.92 Å². The number of rotatable bonds is 5. The van der Waals surface area contributed by atoms with E-state index in [-0.39, 0.29) is 6.61 Å². The molecule has 5 nitrogen and oxygen atoms in total. The Hall–Kier alpha value is -1.24. The minimum Gasteiger partial charge on any atom is -0.395 e. The van der Waals surface area contributed by atoms with Crippen LogP contribution >= 0.6 is 11.3 Å². The second-order valence-electron chi connectivity index (χ2n) is 5.26. The number of hydrogen-bond acceptors (Lipinski definition) is 6. The van der Waals surface area contributed by atoms with Crippen molar-refractivity contribution in [1.82, 2.24) is 15.3 Å². The standard InChI is InChI=1S/C14H20N4OS/c1-10-8-20-13-12(10)16-9-17-14(13)18(5-6-19)7-11-3-2-4-15-11/h8-9,11,15,19H,2-7H2,1H3. The van der Waals surface area contributed by atoms with Crippen molar-refractivity contribution in [2.45, 2.75) is 25.8 Å². The molecule has 20 heavy (non-hydrogen) atoms. The summed E-state index contributed by atoms with van der Waals surface area (Å²) >= 11 is 1.68. The Labute approximate surface area is 122 Å². The highest BCUT2D eigenvalue weighted by atomic mass is 32.1. The van der Waals surface area contributed by atoms with Gasteiger partial charge in [-0.2, -0.15) is 0 Å². The van der Waals surface area contributed by atoms with Gasteiger partial charge in [-0.3, -0.25) is 0 Å². The van der Waals surface area contributed by atoms with Gasteiger partial charge in [0.15, 0.2) is 0 Å². The first kappa shape index (κ1) is 13.7. The summed E-state index contributed by atoms with van der Waals surface area (Å²) in [5.74, 6) is 0.954. The summed E-state index contributed by atoms with van der Waals surface area (Å²) in [6.07, 6.45) is 4.05. The Balaban J connectivity index is 1.91. The van der Waals surface area contributed by atoms with E-state index in [9.17, 15) is 5.11 Å². The highest BCUT2D eigenvalue weighted by molar-refractivity contribution is 7.18. The molecule has 1 atom stereocenters. The van der Waals surface area contributed by atoms with Crippen LogP contribution in [0.2, 0.25) is 0 Å². The van der Waals surface area contributed by atoms with Crippen LogP contribution < -0.4 is 10.2 Å². The molecule has 3 heterocycles. The Morgan fingerprint density at radius 1 is 1.50 bits per heavy atom. The Morgan fingerprint density at radius 2 is 2.40 bits per heavy atom. The number of thiophene rings is 1. The second-order valence-corrected chi connectivity index (χ2v) is 6.14. The average Bonchev–Trinajstić information content (AvgIpc) is 3.09. The molecule has 1 aliphatic rings. The van der Waals surface area contributed by atoms with E-state index in [1.807, 2.05) is 0 Å². The molecule has 0 spiro atoms. The first-order chi connectivity index (χ1) is 9.79. The molecular formula is C14H20N4OS. The van der Waals surface area contributed by atoms with Crippen molar-refractivity contribution < 1.29 is 5.11 Å². The third-order valence-electron chi connectivity index (χ3n) is 3.78. The minimum atomic E-state index is 0.141. The van der Waals surface area contributed by atoms with Gasteiger partial charge in [-0.15, -0.1) is 11.3 Å². The number of aliphatic hydroxyl groups excluding tert-OH is 1. The van der Waals surface area contributed by atoms with Crippen LogP contribution in [0.15, 0.2) is 11.7 Å². The van der Waals surface area contributed by atoms with Crippen molar-refractivity contribution in [3.05, 3.63) is 17.3 Å². The van der Waals surface area contributed by atoms with Gasteiger partial charge >= 0.3 is 0 Å². The summed E-state index contributed by atoms with van der Waals surface area (Å²) in [7, 11) is 0. The summed E-state index contributed by atoms with van der Waals surface area (Å²) in [4.78, 5) is 11.0. The number of nitrogens with one attached hydrogen (secondary N) is 1. The average molecular weight is 292 g/mol. The molecule has 2 aromatic heterocycles. The van der Waals surface area contributed by atoms with Gasteiger partial charge in [-0.1, -0.05) is 0 Å². The predicted molar refractivity (Wildman–Crippen MR) is 82.5 cm³/mol. The van der Waals surface area contributed by atoms with Crippen molar-refractivity contribution in [1.29, 1.82) is 0 Å². The monoisotopic (exact) mass is 292 g/mol. The van der Waals surface area contributed by atoms with Crippen LogP contribution in [-0.4, -0.2) is 47.4 Å². The van der Waals surface area contributed by atoms with E-state index in [0.29, 0.717) is 12.6 Å². The van der Waals surface area contributed by atoms with Gasteiger partial charge in [0.25, 0.3) is 0 Å². The first-order valence-electron chi connectivity index (χ1n) is 7.07. The lowest BCUT2D eigenvalue weighted by molar-refractivity contribution is 0.300. The topological polar surface area (TPSA) is 61.3 Å². The summed E-state index contributed by atoms with van der Waals surface area (Å²) in [6, 6.07) is 0.493. The number of anilines is 1. The molecule has 1 unspecified atom stereocenters. The number of aromatic nitrogens is 2. The van der Waals surface area contributed by atoms with Crippen molar-refractivity contribution in [2.75, 3.05) is 31.1 Å². The normalized spacial score (nSPS) is 18.8. The summed E-state index contributed by atoms with van der Waals surface area (Å²) in [5, 5.41) is 15.0. The lowest BCUT2D eigenvalue weighted by Gasteiger charge is -2.26. The number of nitrogens with zero attached hydrogens (tertiary/aromatic N) is 3. The molecule has 108 valence electrons. The molecule has 0 saturated carbocycles. The fourth-order valence-electron chi connectivity index (χ4n) is 2.77. The van der Waals surface area contributed by atoms with Crippen LogP contribution in [0.4, 0.5) is 5.82 Å². The fraction of sp³-hybridized carbons (Fsp3) is 0.571. The smallest absolute Gasteiger partial charge is 0.150 e. The molecular weight excluding hydrogens is 272 g/mol. The molecule has 0 bridgehead atoms. The van der Waals surface area contributed by atoms with Crippen molar-refractivity contribution >= 4 is 27.4 Å². The van der Waals surface area contributed by atoms with Crippen LogP contribution in [0.3, 0.4) is 0 Å². The van der Waals surface area contributed by atoms with E-state index >= 15 is 0 Å². The Kier molecular flexibility index (Phi) is 4.14. The second kappa shape index (κ2) is 6.03. The Bertz CT molecular complexity index is 580. The van der Waals surface area contributed by atoms with Crippen LogP contribution in [-0.2, 0) is 0 Å². The maximum Gasteiger partial charge on any atom is 0.150 e. The van der Waals surface area contributed by atoms with Gasteiger partial charge < -0.3 is 15.3 Å². The molecule has 0 aliphatic carbocycles. The molecule has 1 aliphatic heterocycles. The van der Waals surface area contributed by atoms with Gasteiger partial charge in [-0.05, 0) is 37.3 Å². The third-order valence-corrected chi connectivity index (χ3v) is 4.87. The zero-order chi connectivity index (χ0) is 13.9. The Morgan fingerprint density at radius 3 is 3.15 bits per heavy atom. The SMILES string of the molecule is Cc1csc2c(N(CCO)CC3CCCN3)ncnc12. The van der Waals surface area contributed by atoms with Gasteiger partial charge in [0.2, 0.25) is 0 Å². The van der Waals surface area contributed by atoms with Gasteiger partial charge in [-0.25, -0.2) is 9.97 Å². The van der Waals surface area contributed by atoms with E-state index in [4.69, 9.17) is 0 Å². The number of hydrogen-bond donors (Lipinski definition) is 2. The largest absolute Gasteiger partial charge is 0.395 e. The number of aliphatic hydroxyl groups is 1. The van der Waals surface area contributed by atoms with Crippen molar-refractivity contribution in [3.63, 3.8) is 0 Å². The molecule has 2 N–H and O–H groups in total. The van der Waals surface area contributed by atoms with Gasteiger partial charge in [0.1, 0.15) is 12.1 Å². The van der Waals surface area contributed by atoms with E-state index in [1.165, 1.54) is 18.4 Å². The number of fused-ring (bicyclic) bond motifs is 1. The molecule has 1 saturated heterocycles. The summed E-state index contributed by atoms with van der Waals surface area (Å²) in [6.45, 7) is 4.81. The quantitative estimate of drug-likeness (QED) is 0.875. The van der Waals surface area contributed by atoms with E-state index < -0.39 is 0 Å². The van der Waals surface area contributed by atoms with Crippen molar-refractivity contribution in [3.8, 4) is 0 Å². The molecule has 1 fully saturated rings. The summed E-state index contributed by atoms with van der Waals surface area (Å²) < 4.78 is 1.12. The van der Waals surface area contributed by atoms with Gasteiger partial charge in [0, 0.05) is 19.1 Å². The molecule has 6 heteroatoms. The summed E-state index contributed by atoms with van der Waals surface area (Å²) in [5.41, 5.74) is 2.22. The molecule has 2 aromatic rings. The maximum atomic E-state index is 9.35.